The Labute approximate surface area is 192 Å². The first-order valence-electron chi connectivity index (χ1n) is 9.69. The first-order chi connectivity index (χ1) is 14.6. The summed E-state index contributed by atoms with van der Waals surface area (Å²) in [6.45, 7) is 0.977. The average molecular weight is 484 g/mol. The number of rotatable bonds is 8. The SMILES string of the molecule is CS(=O)(=O)N(CC(=O)NCc1ccccc1CN1CCCC1=O)c1cc(Cl)ccc1Cl. The molecule has 2 aromatic carbocycles. The third-order valence-corrected chi connectivity index (χ3v) is 6.67. The number of benzene rings is 2. The minimum Gasteiger partial charge on any atom is -0.350 e. The largest absolute Gasteiger partial charge is 0.350 e. The number of likely N-dealkylation sites (tertiary alicyclic amines) is 1. The van der Waals surface area contributed by atoms with Crippen LogP contribution in [-0.4, -0.2) is 44.5 Å². The Balaban J connectivity index is 1.70. The normalized spacial score (nSPS) is 14.0. The fourth-order valence-corrected chi connectivity index (χ4v) is 4.70. The van der Waals surface area contributed by atoms with Crippen LogP contribution in [0, 0.1) is 0 Å². The second-order valence-corrected chi connectivity index (χ2v) is 10.1. The molecule has 0 aliphatic carbocycles. The lowest BCUT2D eigenvalue weighted by Gasteiger charge is -2.23. The van der Waals surface area contributed by atoms with Crippen LogP contribution in [0.3, 0.4) is 0 Å². The Hall–Kier alpha value is -2.29. The van der Waals surface area contributed by atoms with Gasteiger partial charge in [0.25, 0.3) is 0 Å². The van der Waals surface area contributed by atoms with Crippen LogP contribution in [0.1, 0.15) is 24.0 Å². The lowest BCUT2D eigenvalue weighted by atomic mass is 10.1. The number of hydrogen-bond acceptors (Lipinski definition) is 4. The highest BCUT2D eigenvalue weighted by molar-refractivity contribution is 7.92. The molecule has 0 bridgehead atoms. The topological polar surface area (TPSA) is 86.8 Å². The van der Waals surface area contributed by atoms with Crippen LogP contribution < -0.4 is 9.62 Å². The van der Waals surface area contributed by atoms with E-state index in [0.29, 0.717) is 18.0 Å². The first kappa shape index (κ1) is 23.4. The second-order valence-electron chi connectivity index (χ2n) is 7.33. The van der Waals surface area contributed by atoms with Gasteiger partial charge >= 0.3 is 0 Å². The molecule has 10 heteroatoms. The van der Waals surface area contributed by atoms with E-state index in [1.807, 2.05) is 24.3 Å². The van der Waals surface area contributed by atoms with Crippen molar-refractivity contribution in [1.82, 2.24) is 10.2 Å². The average Bonchev–Trinajstić information content (AvgIpc) is 3.11. The Morgan fingerprint density at radius 1 is 1.16 bits per heavy atom. The molecular weight excluding hydrogens is 461 g/mol. The lowest BCUT2D eigenvalue weighted by Crippen LogP contribution is -2.40. The number of nitrogens with zero attached hydrogens (tertiary/aromatic N) is 2. The molecule has 0 aromatic heterocycles. The summed E-state index contributed by atoms with van der Waals surface area (Å²) in [5.74, 6) is -0.366. The van der Waals surface area contributed by atoms with Crippen molar-refractivity contribution in [1.29, 1.82) is 0 Å². The third kappa shape index (κ3) is 6.12. The number of halogens is 2. The fourth-order valence-electron chi connectivity index (χ4n) is 3.40. The molecule has 7 nitrogen and oxygen atoms in total. The number of carbonyl (C=O) groups is 2. The van der Waals surface area contributed by atoms with Gasteiger partial charge in [-0.15, -0.1) is 0 Å². The standard InChI is InChI=1S/C21H23Cl2N3O4S/c1-31(29,30)26(19-11-17(22)8-9-18(19)23)14-20(27)24-12-15-5-2-3-6-16(15)13-25-10-4-7-21(25)28/h2-3,5-6,8-9,11H,4,7,10,12-14H2,1H3,(H,24,27). The Morgan fingerprint density at radius 3 is 2.52 bits per heavy atom. The van der Waals surface area contributed by atoms with Crippen molar-refractivity contribution in [2.24, 2.45) is 0 Å². The Morgan fingerprint density at radius 2 is 1.87 bits per heavy atom. The van der Waals surface area contributed by atoms with Crippen molar-refractivity contribution in [3.63, 3.8) is 0 Å². The quantitative estimate of drug-likeness (QED) is 0.624. The van der Waals surface area contributed by atoms with Gasteiger partial charge in [-0.1, -0.05) is 47.5 Å². The predicted octanol–water partition coefficient (Wildman–Crippen LogP) is 3.20. The maximum absolute atomic E-state index is 12.6. The van der Waals surface area contributed by atoms with Gasteiger partial charge in [0.05, 0.1) is 17.0 Å². The van der Waals surface area contributed by atoms with Crippen molar-refractivity contribution in [2.45, 2.75) is 25.9 Å². The van der Waals surface area contributed by atoms with Crippen LogP contribution >= 0.6 is 23.2 Å². The predicted molar refractivity (Wildman–Crippen MR) is 122 cm³/mol. The zero-order valence-electron chi connectivity index (χ0n) is 17.0. The van der Waals surface area contributed by atoms with Crippen molar-refractivity contribution in [2.75, 3.05) is 23.7 Å². The van der Waals surface area contributed by atoms with Crippen LogP contribution in [0.2, 0.25) is 10.0 Å². The van der Waals surface area contributed by atoms with E-state index in [0.717, 1.165) is 34.7 Å². The van der Waals surface area contributed by atoms with Crippen molar-refractivity contribution < 1.29 is 18.0 Å². The highest BCUT2D eigenvalue weighted by Gasteiger charge is 2.24. The van der Waals surface area contributed by atoms with Crippen LogP contribution in [0.4, 0.5) is 5.69 Å². The molecule has 0 atom stereocenters. The van der Waals surface area contributed by atoms with Crippen LogP contribution in [0.5, 0.6) is 0 Å². The van der Waals surface area contributed by atoms with Gasteiger partial charge in [-0.05, 0) is 35.7 Å². The maximum Gasteiger partial charge on any atom is 0.241 e. The van der Waals surface area contributed by atoms with Gasteiger partial charge in [-0.3, -0.25) is 13.9 Å². The van der Waals surface area contributed by atoms with E-state index < -0.39 is 22.5 Å². The van der Waals surface area contributed by atoms with Gasteiger partial charge in [0.1, 0.15) is 6.54 Å². The minimum atomic E-state index is -3.78. The second kappa shape index (κ2) is 9.89. The zero-order valence-corrected chi connectivity index (χ0v) is 19.3. The van der Waals surface area contributed by atoms with Gasteiger partial charge in [0.2, 0.25) is 21.8 Å². The first-order valence-corrected chi connectivity index (χ1v) is 12.3. The van der Waals surface area contributed by atoms with E-state index in [-0.39, 0.29) is 23.2 Å². The summed E-state index contributed by atoms with van der Waals surface area (Å²) in [4.78, 5) is 26.3. The molecule has 2 amide bonds. The third-order valence-electron chi connectivity index (χ3n) is 4.99. The molecule has 166 valence electrons. The summed E-state index contributed by atoms with van der Waals surface area (Å²) in [7, 11) is -3.78. The van der Waals surface area contributed by atoms with Crippen molar-refractivity contribution in [3.8, 4) is 0 Å². The van der Waals surface area contributed by atoms with Crippen molar-refractivity contribution >= 4 is 50.7 Å². The summed E-state index contributed by atoms with van der Waals surface area (Å²) in [6.07, 6.45) is 2.41. The van der Waals surface area contributed by atoms with Crippen LogP contribution in [-0.2, 0) is 32.7 Å². The molecule has 3 rings (SSSR count). The van der Waals surface area contributed by atoms with Gasteiger partial charge in [-0.2, -0.15) is 0 Å². The summed E-state index contributed by atoms with van der Waals surface area (Å²) < 4.78 is 25.5. The Kier molecular flexibility index (Phi) is 7.46. The van der Waals surface area contributed by atoms with E-state index >= 15 is 0 Å². The van der Waals surface area contributed by atoms with Crippen LogP contribution in [0.25, 0.3) is 0 Å². The summed E-state index contributed by atoms with van der Waals surface area (Å²) >= 11 is 12.1. The van der Waals surface area contributed by atoms with Gasteiger partial charge in [0, 0.05) is 31.1 Å². The molecule has 31 heavy (non-hydrogen) atoms. The van der Waals surface area contributed by atoms with Crippen LogP contribution in [0.15, 0.2) is 42.5 Å². The number of nitrogens with one attached hydrogen (secondary N) is 1. The number of anilines is 1. The number of carbonyl (C=O) groups excluding carboxylic acids is 2. The summed E-state index contributed by atoms with van der Waals surface area (Å²) in [6, 6.07) is 11.9. The van der Waals surface area contributed by atoms with E-state index in [1.54, 1.807) is 4.90 Å². The summed E-state index contributed by atoms with van der Waals surface area (Å²) in [5, 5.41) is 3.23. The molecule has 0 radical (unpaired) electrons. The molecule has 0 spiro atoms. The van der Waals surface area contributed by atoms with E-state index in [4.69, 9.17) is 23.2 Å². The lowest BCUT2D eigenvalue weighted by molar-refractivity contribution is -0.128. The van der Waals surface area contributed by atoms with E-state index in [2.05, 4.69) is 5.32 Å². The summed E-state index contributed by atoms with van der Waals surface area (Å²) in [5.41, 5.74) is 1.94. The van der Waals surface area contributed by atoms with Gasteiger partial charge in [0.15, 0.2) is 0 Å². The maximum atomic E-state index is 12.6. The van der Waals surface area contributed by atoms with E-state index in [1.165, 1.54) is 18.2 Å². The highest BCUT2D eigenvalue weighted by atomic mass is 35.5. The molecule has 1 aliphatic heterocycles. The molecule has 0 unspecified atom stereocenters. The monoisotopic (exact) mass is 483 g/mol. The molecule has 1 fully saturated rings. The Bertz CT molecular complexity index is 1090. The number of amides is 2. The molecule has 1 aliphatic rings. The number of sulfonamides is 1. The number of hydrogen-bond donors (Lipinski definition) is 1. The molecule has 1 heterocycles. The fraction of sp³-hybridized carbons (Fsp3) is 0.333. The molecule has 1 saturated heterocycles. The molecular formula is C21H23Cl2N3O4S. The zero-order chi connectivity index (χ0) is 22.6. The smallest absolute Gasteiger partial charge is 0.241 e. The molecule has 1 N–H and O–H groups in total. The molecule has 0 saturated carbocycles. The van der Waals surface area contributed by atoms with E-state index in [9.17, 15) is 18.0 Å². The molecule has 2 aromatic rings. The van der Waals surface area contributed by atoms with Gasteiger partial charge in [-0.25, -0.2) is 8.42 Å². The van der Waals surface area contributed by atoms with Gasteiger partial charge < -0.3 is 10.2 Å². The highest BCUT2D eigenvalue weighted by Crippen LogP contribution is 2.30. The minimum absolute atomic E-state index is 0.126. The van der Waals surface area contributed by atoms with Crippen molar-refractivity contribution in [3.05, 3.63) is 63.6 Å².